The second-order valence-electron chi connectivity index (χ2n) is 4.46. The van der Waals surface area contributed by atoms with Crippen LogP contribution in [0.25, 0.3) is 0 Å². The lowest BCUT2D eigenvalue weighted by Gasteiger charge is -2.45. The van der Waals surface area contributed by atoms with Crippen molar-refractivity contribution in [3.63, 3.8) is 0 Å². The molecule has 15 heavy (non-hydrogen) atoms. The number of rotatable bonds is 6. The molecule has 0 radical (unpaired) electrons. The molecule has 0 amide bonds. The normalized spacial score (nSPS) is 12.7. The van der Waals surface area contributed by atoms with Gasteiger partial charge >= 0.3 is 5.97 Å². The van der Waals surface area contributed by atoms with Gasteiger partial charge in [-0.2, -0.15) is 0 Å². The van der Waals surface area contributed by atoms with Crippen molar-refractivity contribution in [2.75, 3.05) is 0 Å². The summed E-state index contributed by atoms with van der Waals surface area (Å²) in [6.07, 6.45) is 3.69. The van der Waals surface area contributed by atoms with Crippen LogP contribution in [0.1, 0.15) is 60.3 Å². The zero-order valence-corrected chi connectivity index (χ0v) is 11.9. The number of hydrogen-bond acceptors (Lipinski definition) is 2. The quantitative estimate of drug-likeness (QED) is 0.648. The minimum Gasteiger partial charge on any atom is -0.451 e. The topological polar surface area (TPSA) is 26.3 Å². The highest BCUT2D eigenvalue weighted by molar-refractivity contribution is 7.10. The molecule has 0 aliphatic carbocycles. The van der Waals surface area contributed by atoms with Gasteiger partial charge in [0.15, 0.2) is 0 Å². The minimum atomic E-state index is -0.335. The lowest BCUT2D eigenvalue weighted by atomic mass is 9.59. The van der Waals surface area contributed by atoms with E-state index in [0.29, 0.717) is 0 Å². The summed E-state index contributed by atoms with van der Waals surface area (Å²) in [7, 11) is 2.09. The first-order valence-electron chi connectivity index (χ1n) is 5.89. The Bertz CT molecular complexity index is 206. The lowest BCUT2D eigenvalue weighted by molar-refractivity contribution is -0.155. The molecule has 3 heteroatoms. The monoisotopic (exact) mass is 232 g/mol. The van der Waals surface area contributed by atoms with Crippen molar-refractivity contribution < 1.29 is 9.32 Å². The van der Waals surface area contributed by atoms with Crippen LogP contribution in [0.15, 0.2) is 0 Å². The minimum absolute atomic E-state index is 0.0319. The fourth-order valence-electron chi connectivity index (χ4n) is 2.68. The maximum atomic E-state index is 12.0. The molecule has 0 spiro atoms. The Morgan fingerprint density at radius 1 is 1.07 bits per heavy atom. The highest BCUT2D eigenvalue weighted by Gasteiger charge is 2.49. The summed E-state index contributed by atoms with van der Waals surface area (Å²) < 4.78 is 4.93. The smallest absolute Gasteiger partial charge is 0.314 e. The fraction of sp³-hybridized carbons (Fsp3) is 0.917. The van der Waals surface area contributed by atoms with E-state index in [1.165, 1.54) is 0 Å². The molecule has 0 N–H and O–H groups in total. The molecule has 1 atom stereocenters. The summed E-state index contributed by atoms with van der Waals surface area (Å²) in [6, 6.07) is 0. The van der Waals surface area contributed by atoms with Crippen LogP contribution in [0.3, 0.4) is 0 Å². The summed E-state index contributed by atoms with van der Waals surface area (Å²) in [6.45, 7) is 10.7. The van der Waals surface area contributed by atoms with Gasteiger partial charge in [-0.05, 0) is 31.1 Å². The molecule has 0 aliphatic heterocycles. The molecule has 0 aromatic rings. The van der Waals surface area contributed by atoms with Crippen LogP contribution >= 0.6 is 9.47 Å². The van der Waals surface area contributed by atoms with Gasteiger partial charge in [0.2, 0.25) is 0 Å². The standard InChI is InChI=1S/C12H25O2P/c1-6-11(5,7-2)12(8-3,9-4)10(13)14-15/h6-9,15H2,1-5H3. The maximum Gasteiger partial charge on any atom is 0.314 e. The fourth-order valence-corrected chi connectivity index (χ4v) is 2.90. The van der Waals surface area contributed by atoms with Gasteiger partial charge in [-0.1, -0.05) is 34.6 Å². The maximum absolute atomic E-state index is 12.0. The molecule has 0 fully saturated rings. The van der Waals surface area contributed by atoms with Crippen LogP contribution < -0.4 is 0 Å². The molecule has 0 saturated heterocycles. The van der Waals surface area contributed by atoms with Crippen molar-refractivity contribution in [2.24, 2.45) is 10.8 Å². The van der Waals surface area contributed by atoms with E-state index in [2.05, 4.69) is 44.1 Å². The van der Waals surface area contributed by atoms with Gasteiger partial charge < -0.3 is 4.52 Å². The van der Waals surface area contributed by atoms with Crippen LogP contribution in [0, 0.1) is 10.8 Å². The summed E-state index contributed by atoms with van der Waals surface area (Å²) >= 11 is 0. The van der Waals surface area contributed by atoms with E-state index < -0.39 is 0 Å². The second kappa shape index (κ2) is 5.84. The van der Waals surface area contributed by atoms with E-state index in [9.17, 15) is 4.79 Å². The van der Waals surface area contributed by atoms with Crippen molar-refractivity contribution in [1.82, 2.24) is 0 Å². The molecule has 1 unspecified atom stereocenters. The molecule has 2 nitrogen and oxygen atoms in total. The zero-order chi connectivity index (χ0) is 12.1. The number of hydrogen-bond donors (Lipinski definition) is 0. The second-order valence-corrected chi connectivity index (χ2v) is 4.70. The molecule has 0 aromatic heterocycles. The Balaban J connectivity index is 5.33. The Morgan fingerprint density at radius 3 is 1.67 bits per heavy atom. The highest BCUT2D eigenvalue weighted by Crippen LogP contribution is 2.50. The Hall–Kier alpha value is -0.100. The molecule has 0 aromatic carbocycles. The molecular formula is C12H25O2P. The first-order chi connectivity index (χ1) is 6.97. The molecule has 0 bridgehead atoms. The van der Waals surface area contributed by atoms with Gasteiger partial charge in [0.25, 0.3) is 0 Å². The van der Waals surface area contributed by atoms with Crippen LogP contribution in [-0.2, 0) is 9.32 Å². The molecule has 0 rings (SSSR count). The van der Waals surface area contributed by atoms with Gasteiger partial charge in [0.05, 0.1) is 14.9 Å². The summed E-state index contributed by atoms with van der Waals surface area (Å²) in [5, 5.41) is 0. The van der Waals surface area contributed by atoms with Crippen LogP contribution in [0.2, 0.25) is 0 Å². The van der Waals surface area contributed by atoms with Crippen LogP contribution in [-0.4, -0.2) is 5.97 Å². The Labute approximate surface area is 96.4 Å². The van der Waals surface area contributed by atoms with E-state index in [1.54, 1.807) is 0 Å². The average Bonchev–Trinajstić information content (AvgIpc) is 2.30. The summed E-state index contributed by atoms with van der Waals surface area (Å²) in [5.74, 6) is -0.0799. The van der Waals surface area contributed by atoms with Crippen LogP contribution in [0.5, 0.6) is 0 Å². The number of carbonyl (C=O) groups excluding carboxylic acids is 1. The van der Waals surface area contributed by atoms with E-state index in [1.807, 2.05) is 0 Å². The van der Waals surface area contributed by atoms with Crippen molar-refractivity contribution in [3.8, 4) is 0 Å². The van der Waals surface area contributed by atoms with E-state index in [4.69, 9.17) is 4.52 Å². The van der Waals surface area contributed by atoms with Gasteiger partial charge in [0.1, 0.15) is 0 Å². The molecule has 0 saturated carbocycles. The first kappa shape index (κ1) is 14.9. The average molecular weight is 232 g/mol. The van der Waals surface area contributed by atoms with E-state index in [0.717, 1.165) is 25.7 Å². The van der Waals surface area contributed by atoms with Crippen molar-refractivity contribution in [3.05, 3.63) is 0 Å². The zero-order valence-electron chi connectivity index (χ0n) is 10.7. The van der Waals surface area contributed by atoms with Gasteiger partial charge in [-0.3, -0.25) is 4.79 Å². The Kier molecular flexibility index (Phi) is 5.80. The molecule has 90 valence electrons. The van der Waals surface area contributed by atoms with Crippen LogP contribution in [0.4, 0.5) is 0 Å². The molecule has 0 heterocycles. The Morgan fingerprint density at radius 2 is 1.47 bits per heavy atom. The third kappa shape index (κ3) is 2.36. The van der Waals surface area contributed by atoms with E-state index >= 15 is 0 Å². The predicted octanol–water partition coefficient (Wildman–Crippen LogP) is 3.95. The van der Waals surface area contributed by atoms with Crippen molar-refractivity contribution >= 4 is 15.4 Å². The SMILES string of the molecule is CCC(C)(CC)C(CC)(CC)C(=O)OP. The first-order valence-corrected chi connectivity index (χ1v) is 6.36. The van der Waals surface area contributed by atoms with Gasteiger partial charge in [-0.15, -0.1) is 0 Å². The predicted molar refractivity (Wildman–Crippen MR) is 67.5 cm³/mol. The largest absolute Gasteiger partial charge is 0.451 e. The van der Waals surface area contributed by atoms with Gasteiger partial charge in [-0.25, -0.2) is 0 Å². The van der Waals surface area contributed by atoms with Crippen molar-refractivity contribution in [2.45, 2.75) is 60.3 Å². The van der Waals surface area contributed by atoms with Crippen molar-refractivity contribution in [1.29, 1.82) is 0 Å². The summed E-state index contributed by atoms with van der Waals surface area (Å²) in [5.41, 5.74) is -0.303. The third-order valence-corrected chi connectivity index (χ3v) is 4.63. The molecular weight excluding hydrogens is 207 g/mol. The molecule has 0 aliphatic rings. The van der Waals surface area contributed by atoms with E-state index in [-0.39, 0.29) is 16.8 Å². The number of carbonyl (C=O) groups is 1. The third-order valence-electron chi connectivity index (χ3n) is 4.42. The lowest BCUT2D eigenvalue weighted by Crippen LogP contribution is -2.45. The highest BCUT2D eigenvalue weighted by atomic mass is 31.0. The van der Waals surface area contributed by atoms with Gasteiger partial charge in [0, 0.05) is 0 Å². The summed E-state index contributed by atoms with van der Waals surface area (Å²) in [4.78, 5) is 12.0.